The van der Waals surface area contributed by atoms with Gasteiger partial charge in [-0.2, -0.15) is 0 Å². The smallest absolute Gasteiger partial charge is 0.416 e. The van der Waals surface area contributed by atoms with E-state index in [-0.39, 0.29) is 18.2 Å². The third-order valence-corrected chi connectivity index (χ3v) is 2.91. The number of cyclic esters (lactones) is 1. The molecule has 1 aliphatic heterocycles. The summed E-state index contributed by atoms with van der Waals surface area (Å²) in [7, 11) is 0. The molecule has 1 aromatic rings. The number of ether oxygens (including phenoxy) is 1. The van der Waals surface area contributed by atoms with Crippen molar-refractivity contribution >= 4 is 35.2 Å². The molecule has 1 heterocycles. The first kappa shape index (κ1) is 11.2. The van der Waals surface area contributed by atoms with Gasteiger partial charge in [0.15, 0.2) is 0 Å². The molecular weight excluding hydrogens is 253 g/mol. The first-order valence-corrected chi connectivity index (χ1v) is 5.29. The number of carbonyl (C=O) groups is 2. The van der Waals surface area contributed by atoms with E-state index >= 15 is 0 Å². The number of benzene rings is 1. The van der Waals surface area contributed by atoms with Crippen molar-refractivity contribution in [2.45, 2.75) is 0 Å². The van der Waals surface area contributed by atoms with E-state index in [4.69, 9.17) is 23.2 Å². The highest BCUT2D eigenvalue weighted by Gasteiger charge is 2.29. The Labute approximate surface area is 102 Å². The molecule has 84 valence electrons. The Morgan fingerprint density at radius 1 is 1.31 bits per heavy atom. The van der Waals surface area contributed by atoms with Gasteiger partial charge in [0.2, 0.25) is 0 Å². The minimum Gasteiger partial charge on any atom is -0.447 e. The molecule has 1 aliphatic rings. The van der Waals surface area contributed by atoms with Crippen LogP contribution in [-0.2, 0) is 4.74 Å². The van der Waals surface area contributed by atoms with Crippen LogP contribution in [0.3, 0.4) is 0 Å². The van der Waals surface area contributed by atoms with Gasteiger partial charge < -0.3 is 4.74 Å². The van der Waals surface area contributed by atoms with Gasteiger partial charge in [-0.25, -0.2) is 9.69 Å². The van der Waals surface area contributed by atoms with Crippen LogP contribution in [0.15, 0.2) is 18.2 Å². The van der Waals surface area contributed by atoms with E-state index in [1.165, 1.54) is 18.2 Å². The predicted octanol–water partition coefficient (Wildman–Crippen LogP) is 2.59. The lowest BCUT2D eigenvalue weighted by Crippen LogP contribution is -2.31. The summed E-state index contributed by atoms with van der Waals surface area (Å²) in [4.78, 5) is 24.0. The molecule has 1 fully saturated rings. The average Bonchev–Trinajstić information content (AvgIpc) is 2.67. The topological polar surface area (TPSA) is 46.6 Å². The molecule has 1 aromatic carbocycles. The van der Waals surface area contributed by atoms with Crippen LogP contribution in [-0.4, -0.2) is 30.1 Å². The second-order valence-electron chi connectivity index (χ2n) is 3.20. The van der Waals surface area contributed by atoms with Crippen molar-refractivity contribution in [2.75, 3.05) is 13.2 Å². The van der Waals surface area contributed by atoms with E-state index in [9.17, 15) is 9.59 Å². The van der Waals surface area contributed by atoms with Gasteiger partial charge in [0.1, 0.15) is 6.61 Å². The van der Waals surface area contributed by atoms with E-state index in [1.54, 1.807) is 0 Å². The molecule has 0 atom stereocenters. The van der Waals surface area contributed by atoms with Crippen molar-refractivity contribution in [3.8, 4) is 0 Å². The fourth-order valence-corrected chi connectivity index (χ4v) is 1.66. The van der Waals surface area contributed by atoms with Gasteiger partial charge in [0.25, 0.3) is 5.91 Å². The number of hydrogen-bond acceptors (Lipinski definition) is 3. The van der Waals surface area contributed by atoms with Crippen molar-refractivity contribution in [1.82, 2.24) is 4.90 Å². The van der Waals surface area contributed by atoms with Gasteiger partial charge in [-0.1, -0.05) is 23.2 Å². The van der Waals surface area contributed by atoms with Gasteiger partial charge in [0, 0.05) is 5.56 Å². The van der Waals surface area contributed by atoms with Crippen LogP contribution in [0.4, 0.5) is 4.79 Å². The third-order valence-electron chi connectivity index (χ3n) is 2.17. The lowest BCUT2D eigenvalue weighted by atomic mass is 10.2. The van der Waals surface area contributed by atoms with E-state index in [0.29, 0.717) is 10.6 Å². The second kappa shape index (κ2) is 4.31. The average molecular weight is 260 g/mol. The molecule has 0 aromatic heterocycles. The summed E-state index contributed by atoms with van der Waals surface area (Å²) < 4.78 is 4.67. The standard InChI is InChI=1S/C10H7Cl2NO3/c11-7-2-1-6(5-8(7)12)9(14)13-3-4-16-10(13)15/h1-2,5H,3-4H2. The molecule has 0 bridgehead atoms. The highest BCUT2D eigenvalue weighted by atomic mass is 35.5. The van der Waals surface area contributed by atoms with Crippen molar-refractivity contribution in [3.05, 3.63) is 33.8 Å². The summed E-state index contributed by atoms with van der Waals surface area (Å²) in [6.45, 7) is 0.490. The van der Waals surface area contributed by atoms with Crippen LogP contribution in [0, 0.1) is 0 Å². The summed E-state index contributed by atoms with van der Waals surface area (Å²) in [6.07, 6.45) is -0.629. The van der Waals surface area contributed by atoms with E-state index in [0.717, 1.165) is 4.90 Å². The van der Waals surface area contributed by atoms with Gasteiger partial charge in [0.05, 0.1) is 16.6 Å². The van der Waals surface area contributed by atoms with E-state index in [2.05, 4.69) is 4.74 Å². The Bertz CT molecular complexity index is 461. The lowest BCUT2D eigenvalue weighted by molar-refractivity contribution is 0.0810. The summed E-state index contributed by atoms with van der Waals surface area (Å²) in [5.74, 6) is -0.430. The first-order valence-electron chi connectivity index (χ1n) is 4.53. The Hall–Kier alpha value is -1.26. The van der Waals surface area contributed by atoms with Crippen LogP contribution < -0.4 is 0 Å². The second-order valence-corrected chi connectivity index (χ2v) is 4.01. The van der Waals surface area contributed by atoms with Crippen molar-refractivity contribution in [3.63, 3.8) is 0 Å². The summed E-state index contributed by atoms with van der Waals surface area (Å²) in [6, 6.07) is 4.46. The number of nitrogens with zero attached hydrogens (tertiary/aromatic N) is 1. The normalized spacial score (nSPS) is 15.1. The minimum atomic E-state index is -0.629. The van der Waals surface area contributed by atoms with Crippen LogP contribution in [0.25, 0.3) is 0 Å². The third kappa shape index (κ3) is 1.99. The zero-order valence-electron chi connectivity index (χ0n) is 8.07. The molecule has 0 spiro atoms. The maximum absolute atomic E-state index is 11.8. The number of hydrogen-bond donors (Lipinski definition) is 0. The lowest BCUT2D eigenvalue weighted by Gasteiger charge is -2.10. The Morgan fingerprint density at radius 3 is 2.62 bits per heavy atom. The number of halogens is 2. The van der Waals surface area contributed by atoms with Gasteiger partial charge >= 0.3 is 6.09 Å². The monoisotopic (exact) mass is 259 g/mol. The number of rotatable bonds is 1. The predicted molar refractivity (Wildman–Crippen MR) is 58.8 cm³/mol. The van der Waals surface area contributed by atoms with Crippen LogP contribution >= 0.6 is 23.2 Å². The maximum atomic E-state index is 11.8. The van der Waals surface area contributed by atoms with Crippen molar-refractivity contribution in [1.29, 1.82) is 0 Å². The largest absolute Gasteiger partial charge is 0.447 e. The Balaban J connectivity index is 2.27. The molecule has 0 unspecified atom stereocenters. The van der Waals surface area contributed by atoms with Crippen molar-refractivity contribution < 1.29 is 14.3 Å². The molecule has 0 radical (unpaired) electrons. The molecule has 4 nitrogen and oxygen atoms in total. The summed E-state index contributed by atoms with van der Waals surface area (Å²) >= 11 is 11.5. The highest BCUT2D eigenvalue weighted by molar-refractivity contribution is 6.42. The number of amides is 2. The zero-order valence-corrected chi connectivity index (χ0v) is 9.59. The zero-order chi connectivity index (χ0) is 11.7. The molecule has 1 saturated heterocycles. The molecule has 2 amide bonds. The minimum absolute atomic E-state index is 0.228. The quantitative estimate of drug-likeness (QED) is 0.779. The van der Waals surface area contributed by atoms with Gasteiger partial charge in [-0.05, 0) is 18.2 Å². The Kier molecular flexibility index (Phi) is 3.03. The molecule has 2 rings (SSSR count). The molecule has 0 aliphatic carbocycles. The van der Waals surface area contributed by atoms with Gasteiger partial charge in [-0.3, -0.25) is 4.79 Å². The molecule has 16 heavy (non-hydrogen) atoms. The van der Waals surface area contributed by atoms with Gasteiger partial charge in [-0.15, -0.1) is 0 Å². The summed E-state index contributed by atoms with van der Waals surface area (Å²) in [5.41, 5.74) is 0.313. The van der Waals surface area contributed by atoms with Crippen LogP contribution in [0.5, 0.6) is 0 Å². The van der Waals surface area contributed by atoms with E-state index in [1.807, 2.05) is 0 Å². The summed E-state index contributed by atoms with van der Waals surface area (Å²) in [5, 5.41) is 0.641. The molecular formula is C10H7Cl2NO3. The number of carbonyl (C=O) groups excluding carboxylic acids is 2. The maximum Gasteiger partial charge on any atom is 0.416 e. The fourth-order valence-electron chi connectivity index (χ4n) is 1.36. The van der Waals surface area contributed by atoms with Crippen LogP contribution in [0.1, 0.15) is 10.4 Å². The van der Waals surface area contributed by atoms with E-state index < -0.39 is 12.0 Å². The SMILES string of the molecule is O=C1OCCN1C(=O)c1ccc(Cl)c(Cl)c1. The highest BCUT2D eigenvalue weighted by Crippen LogP contribution is 2.23. The van der Waals surface area contributed by atoms with Crippen LogP contribution in [0.2, 0.25) is 10.0 Å². The Morgan fingerprint density at radius 2 is 2.06 bits per heavy atom. The first-order chi connectivity index (χ1) is 7.59. The fraction of sp³-hybridized carbons (Fsp3) is 0.200. The van der Waals surface area contributed by atoms with Crippen molar-refractivity contribution in [2.24, 2.45) is 0 Å². The molecule has 0 N–H and O–H groups in total. The molecule has 0 saturated carbocycles. The number of imide groups is 1. The molecule has 6 heteroatoms.